The van der Waals surface area contributed by atoms with Gasteiger partial charge in [-0.15, -0.1) is 0 Å². The minimum absolute atomic E-state index is 0.0155. The lowest BCUT2D eigenvalue weighted by atomic mass is 9.71. The van der Waals surface area contributed by atoms with Crippen LogP contribution in [0.5, 0.6) is 0 Å². The molecule has 0 atom stereocenters. The van der Waals surface area contributed by atoms with E-state index in [9.17, 15) is 0 Å². The highest BCUT2D eigenvalue weighted by molar-refractivity contribution is 5.49. The van der Waals surface area contributed by atoms with E-state index in [4.69, 9.17) is 0 Å². The maximum absolute atomic E-state index is 3.94. The van der Waals surface area contributed by atoms with E-state index < -0.39 is 0 Å². The van der Waals surface area contributed by atoms with Crippen LogP contribution in [0.25, 0.3) is 0 Å². The Balaban J connectivity index is 3.12. The minimum atomic E-state index is 0.0155. The summed E-state index contributed by atoms with van der Waals surface area (Å²) in [6.45, 7) is 14.3. The largest absolute Gasteiger partial charge is 0.0988 e. The van der Waals surface area contributed by atoms with Crippen LogP contribution in [0, 0.1) is 5.41 Å². The predicted octanol–water partition coefficient (Wildman–Crippen LogP) is 5.14. The van der Waals surface area contributed by atoms with Crippen molar-refractivity contribution in [2.24, 2.45) is 5.41 Å². The van der Waals surface area contributed by atoms with Gasteiger partial charge in [0, 0.05) is 5.41 Å². The Morgan fingerprint density at radius 2 is 1.88 bits per heavy atom. The standard InChI is InChI=1S/C17H22/c1-6-9-10-11-15-13-12-14(7-2)16(8-3)17(15,4)5/h6-11,13H,2-3,12H2,1,4-5H3/b9-6-,11-10-. The van der Waals surface area contributed by atoms with Gasteiger partial charge in [-0.3, -0.25) is 0 Å². The van der Waals surface area contributed by atoms with Crippen LogP contribution in [0.3, 0.4) is 0 Å². The number of allylic oxidation sites excluding steroid dienone is 10. The molecule has 17 heavy (non-hydrogen) atoms. The van der Waals surface area contributed by atoms with E-state index in [0.717, 1.165) is 6.42 Å². The Labute approximate surface area is 105 Å². The van der Waals surface area contributed by atoms with Crippen LogP contribution in [0.1, 0.15) is 27.2 Å². The Kier molecular flexibility index (Phi) is 4.51. The van der Waals surface area contributed by atoms with Gasteiger partial charge in [-0.1, -0.05) is 69.5 Å². The third-order valence-corrected chi connectivity index (χ3v) is 3.31. The first-order valence-corrected chi connectivity index (χ1v) is 6.06. The summed E-state index contributed by atoms with van der Waals surface area (Å²) in [5.41, 5.74) is 3.93. The van der Waals surface area contributed by atoms with E-state index >= 15 is 0 Å². The SMILES string of the molecule is C=CC1=C(C=C)C(C)(C)C(/C=C\C=C/C)=CC1. The summed E-state index contributed by atoms with van der Waals surface area (Å²) in [5.74, 6) is 0. The molecule has 90 valence electrons. The molecule has 0 heterocycles. The van der Waals surface area contributed by atoms with Crippen molar-refractivity contribution in [2.75, 3.05) is 0 Å². The average Bonchev–Trinajstić information content (AvgIpc) is 2.30. The van der Waals surface area contributed by atoms with Crippen molar-refractivity contribution in [3.63, 3.8) is 0 Å². The van der Waals surface area contributed by atoms with Crippen molar-refractivity contribution in [3.05, 3.63) is 72.4 Å². The van der Waals surface area contributed by atoms with Crippen molar-refractivity contribution < 1.29 is 0 Å². The Morgan fingerprint density at radius 3 is 2.41 bits per heavy atom. The molecule has 0 unspecified atom stereocenters. The quantitative estimate of drug-likeness (QED) is 0.582. The molecule has 0 aromatic carbocycles. The van der Waals surface area contributed by atoms with Gasteiger partial charge >= 0.3 is 0 Å². The van der Waals surface area contributed by atoms with Gasteiger partial charge in [0.05, 0.1) is 0 Å². The Bertz CT molecular complexity index is 423. The van der Waals surface area contributed by atoms with E-state index in [1.165, 1.54) is 16.7 Å². The van der Waals surface area contributed by atoms with Crippen molar-refractivity contribution in [1.29, 1.82) is 0 Å². The molecule has 1 aliphatic carbocycles. The molecule has 0 amide bonds. The van der Waals surface area contributed by atoms with Crippen LogP contribution in [0.15, 0.2) is 72.4 Å². The highest BCUT2D eigenvalue weighted by Gasteiger charge is 2.29. The molecule has 0 aromatic rings. The van der Waals surface area contributed by atoms with Gasteiger partial charge in [0.2, 0.25) is 0 Å². The van der Waals surface area contributed by atoms with E-state index in [0.29, 0.717) is 0 Å². The van der Waals surface area contributed by atoms with Crippen LogP contribution in [-0.4, -0.2) is 0 Å². The van der Waals surface area contributed by atoms with Crippen LogP contribution in [-0.2, 0) is 0 Å². The molecule has 0 nitrogen and oxygen atoms in total. The average molecular weight is 226 g/mol. The van der Waals surface area contributed by atoms with Gasteiger partial charge in [0.15, 0.2) is 0 Å². The Morgan fingerprint density at radius 1 is 1.18 bits per heavy atom. The normalized spacial score (nSPS) is 19.8. The molecule has 0 saturated heterocycles. The minimum Gasteiger partial charge on any atom is -0.0988 e. The topological polar surface area (TPSA) is 0 Å². The van der Waals surface area contributed by atoms with E-state index in [2.05, 4.69) is 51.3 Å². The summed E-state index contributed by atoms with van der Waals surface area (Å²) in [7, 11) is 0. The van der Waals surface area contributed by atoms with Crippen molar-refractivity contribution in [3.8, 4) is 0 Å². The first-order chi connectivity index (χ1) is 8.07. The van der Waals surface area contributed by atoms with Crippen LogP contribution < -0.4 is 0 Å². The van der Waals surface area contributed by atoms with E-state index in [1.54, 1.807) is 0 Å². The summed E-state index contributed by atoms with van der Waals surface area (Å²) in [5, 5.41) is 0. The van der Waals surface area contributed by atoms with E-state index in [1.807, 2.05) is 25.2 Å². The van der Waals surface area contributed by atoms with Gasteiger partial charge in [-0.05, 0) is 30.1 Å². The molecule has 0 N–H and O–H groups in total. The zero-order valence-corrected chi connectivity index (χ0v) is 11.2. The second-order valence-corrected chi connectivity index (χ2v) is 4.72. The zero-order valence-electron chi connectivity index (χ0n) is 11.2. The predicted molar refractivity (Wildman–Crippen MR) is 77.9 cm³/mol. The van der Waals surface area contributed by atoms with Gasteiger partial charge in [-0.2, -0.15) is 0 Å². The maximum Gasteiger partial charge on any atom is 0.0146 e. The molecule has 1 rings (SSSR count). The van der Waals surface area contributed by atoms with Crippen molar-refractivity contribution >= 4 is 0 Å². The molecule has 0 bridgehead atoms. The lowest BCUT2D eigenvalue weighted by Gasteiger charge is -2.33. The lowest BCUT2D eigenvalue weighted by molar-refractivity contribution is 0.549. The molecule has 0 aromatic heterocycles. The molecule has 0 fully saturated rings. The number of hydrogen-bond donors (Lipinski definition) is 0. The third-order valence-electron chi connectivity index (χ3n) is 3.31. The summed E-state index contributed by atoms with van der Waals surface area (Å²) in [4.78, 5) is 0. The fourth-order valence-electron chi connectivity index (χ4n) is 2.27. The maximum atomic E-state index is 3.94. The lowest BCUT2D eigenvalue weighted by Crippen LogP contribution is -2.20. The zero-order chi connectivity index (χ0) is 12.9. The first-order valence-electron chi connectivity index (χ1n) is 6.06. The summed E-state index contributed by atoms with van der Waals surface area (Å²) in [6, 6.07) is 0. The van der Waals surface area contributed by atoms with Crippen molar-refractivity contribution in [2.45, 2.75) is 27.2 Å². The fraction of sp³-hybridized carbons (Fsp3) is 0.294. The van der Waals surface area contributed by atoms with Gasteiger partial charge in [-0.25, -0.2) is 0 Å². The summed E-state index contributed by atoms with van der Waals surface area (Å²) in [6.07, 6.45) is 15.5. The number of hydrogen-bond acceptors (Lipinski definition) is 0. The highest BCUT2D eigenvalue weighted by atomic mass is 14.3. The van der Waals surface area contributed by atoms with Gasteiger partial charge in [0.1, 0.15) is 0 Å². The Hall–Kier alpha value is -1.56. The van der Waals surface area contributed by atoms with Crippen LogP contribution >= 0.6 is 0 Å². The van der Waals surface area contributed by atoms with Crippen LogP contribution in [0.4, 0.5) is 0 Å². The molecular formula is C17H22. The van der Waals surface area contributed by atoms with Crippen LogP contribution in [0.2, 0.25) is 0 Å². The van der Waals surface area contributed by atoms with Gasteiger partial charge in [0.25, 0.3) is 0 Å². The highest BCUT2D eigenvalue weighted by Crippen LogP contribution is 2.42. The molecule has 1 aliphatic rings. The fourth-order valence-corrected chi connectivity index (χ4v) is 2.27. The van der Waals surface area contributed by atoms with E-state index in [-0.39, 0.29) is 5.41 Å². The third kappa shape index (κ3) is 2.76. The number of rotatable bonds is 4. The van der Waals surface area contributed by atoms with Crippen molar-refractivity contribution in [1.82, 2.24) is 0 Å². The molecule has 0 radical (unpaired) electrons. The second kappa shape index (κ2) is 5.67. The summed E-state index contributed by atoms with van der Waals surface area (Å²) >= 11 is 0. The molecule has 0 saturated carbocycles. The summed E-state index contributed by atoms with van der Waals surface area (Å²) < 4.78 is 0. The smallest absolute Gasteiger partial charge is 0.0146 e. The molecule has 0 spiro atoms. The monoisotopic (exact) mass is 226 g/mol. The molecule has 0 heteroatoms. The molecular weight excluding hydrogens is 204 g/mol. The first kappa shape index (κ1) is 13.5. The second-order valence-electron chi connectivity index (χ2n) is 4.72. The molecule has 0 aliphatic heterocycles. The van der Waals surface area contributed by atoms with Gasteiger partial charge < -0.3 is 0 Å².